The Labute approximate surface area is 141 Å². The van der Waals surface area contributed by atoms with E-state index in [-0.39, 0.29) is 11.9 Å². The van der Waals surface area contributed by atoms with Crippen molar-refractivity contribution in [1.29, 1.82) is 0 Å². The first kappa shape index (κ1) is 15.6. The van der Waals surface area contributed by atoms with Gasteiger partial charge in [0.15, 0.2) is 0 Å². The van der Waals surface area contributed by atoms with Crippen LogP contribution in [0, 0.1) is 18.3 Å². The van der Waals surface area contributed by atoms with Gasteiger partial charge >= 0.3 is 5.97 Å². The Morgan fingerprint density at radius 1 is 1.29 bits per heavy atom. The average Bonchev–Trinajstić information content (AvgIpc) is 3.20. The SMILES string of the molecule is Cc1cc(N2C[C@H]3CN(C4CCCC4)C[C@@]3(C(=O)O)C2)nc(N)n1. The number of anilines is 2. The molecular weight excluding hydrogens is 306 g/mol. The van der Waals surface area contributed by atoms with E-state index in [2.05, 4.69) is 19.8 Å². The molecule has 7 nitrogen and oxygen atoms in total. The fourth-order valence-corrected chi connectivity index (χ4v) is 4.87. The molecule has 1 aromatic rings. The van der Waals surface area contributed by atoms with Crippen molar-refractivity contribution in [2.24, 2.45) is 11.3 Å². The van der Waals surface area contributed by atoms with Crippen molar-refractivity contribution in [2.75, 3.05) is 36.8 Å². The highest BCUT2D eigenvalue weighted by atomic mass is 16.4. The van der Waals surface area contributed by atoms with Gasteiger partial charge in [-0.1, -0.05) is 12.8 Å². The number of aliphatic carboxylic acids is 1. The lowest BCUT2D eigenvalue weighted by atomic mass is 9.81. The smallest absolute Gasteiger partial charge is 0.313 e. The van der Waals surface area contributed by atoms with Crippen LogP contribution in [0.2, 0.25) is 0 Å². The van der Waals surface area contributed by atoms with Crippen LogP contribution in [0.5, 0.6) is 0 Å². The molecule has 7 heteroatoms. The molecule has 4 rings (SSSR count). The summed E-state index contributed by atoms with van der Waals surface area (Å²) in [6.45, 7) is 4.66. The third-order valence-corrected chi connectivity index (χ3v) is 6.08. The van der Waals surface area contributed by atoms with Crippen molar-refractivity contribution >= 4 is 17.7 Å². The first-order chi connectivity index (χ1) is 11.5. The Hall–Kier alpha value is -1.89. The molecule has 24 heavy (non-hydrogen) atoms. The van der Waals surface area contributed by atoms with Gasteiger partial charge in [-0.25, -0.2) is 4.98 Å². The Bertz CT molecular complexity index is 640. The monoisotopic (exact) mass is 331 g/mol. The molecular formula is C17H25N5O2. The molecule has 3 N–H and O–H groups in total. The van der Waals surface area contributed by atoms with Crippen molar-refractivity contribution < 1.29 is 9.90 Å². The van der Waals surface area contributed by atoms with Gasteiger partial charge in [-0.15, -0.1) is 0 Å². The summed E-state index contributed by atoms with van der Waals surface area (Å²) in [5, 5.41) is 10.00. The zero-order valence-electron chi connectivity index (χ0n) is 14.1. The van der Waals surface area contributed by atoms with Crippen molar-refractivity contribution in [3.63, 3.8) is 0 Å². The number of aromatic nitrogens is 2. The highest BCUT2D eigenvalue weighted by molar-refractivity contribution is 5.78. The minimum atomic E-state index is -0.684. The van der Waals surface area contributed by atoms with Gasteiger partial charge in [-0.2, -0.15) is 4.98 Å². The van der Waals surface area contributed by atoms with Crippen LogP contribution < -0.4 is 10.6 Å². The van der Waals surface area contributed by atoms with Crippen LogP contribution in [0.25, 0.3) is 0 Å². The van der Waals surface area contributed by atoms with Crippen LogP contribution in [0.4, 0.5) is 11.8 Å². The predicted molar refractivity (Wildman–Crippen MR) is 90.8 cm³/mol. The standard InChI is InChI=1S/C17H25N5O2/c1-11-6-14(20-16(18)19-11)22-8-12-7-21(13-4-2-3-5-13)9-17(12,10-22)15(23)24/h6,12-13H,2-5,7-10H2,1H3,(H,23,24)(H2,18,19,20)/t12-,17-/m1/s1. The van der Waals surface area contributed by atoms with Crippen molar-refractivity contribution in [3.8, 4) is 0 Å². The molecule has 0 spiro atoms. The number of rotatable bonds is 3. The molecule has 0 bridgehead atoms. The molecule has 0 aromatic carbocycles. The normalized spacial score (nSPS) is 30.9. The first-order valence-electron chi connectivity index (χ1n) is 8.81. The molecule has 2 aliphatic heterocycles. The van der Waals surface area contributed by atoms with E-state index in [1.807, 2.05) is 13.0 Å². The lowest BCUT2D eigenvalue weighted by molar-refractivity contribution is -0.148. The molecule has 0 amide bonds. The van der Waals surface area contributed by atoms with Gasteiger partial charge in [-0.05, 0) is 19.8 Å². The number of carbonyl (C=O) groups is 1. The fraction of sp³-hybridized carbons (Fsp3) is 0.706. The van der Waals surface area contributed by atoms with Crippen LogP contribution in [0.15, 0.2) is 6.07 Å². The van der Waals surface area contributed by atoms with E-state index in [0.29, 0.717) is 19.1 Å². The molecule has 1 saturated carbocycles. The average molecular weight is 331 g/mol. The quantitative estimate of drug-likeness (QED) is 0.857. The molecule has 3 fully saturated rings. The summed E-state index contributed by atoms with van der Waals surface area (Å²) in [7, 11) is 0. The number of carboxylic acids is 1. The number of nitrogen functional groups attached to an aromatic ring is 1. The summed E-state index contributed by atoms with van der Waals surface area (Å²) in [4.78, 5) is 25.1. The van der Waals surface area contributed by atoms with Crippen LogP contribution in [0.1, 0.15) is 31.4 Å². The maximum Gasteiger partial charge on any atom is 0.313 e. The molecule has 2 saturated heterocycles. The maximum absolute atomic E-state index is 12.2. The minimum Gasteiger partial charge on any atom is -0.481 e. The van der Waals surface area contributed by atoms with Crippen LogP contribution >= 0.6 is 0 Å². The molecule has 2 atom stereocenters. The van der Waals surface area contributed by atoms with Gasteiger partial charge in [0.05, 0.1) is 0 Å². The Morgan fingerprint density at radius 3 is 2.67 bits per heavy atom. The number of likely N-dealkylation sites (tertiary alicyclic amines) is 1. The second-order valence-electron chi connectivity index (χ2n) is 7.63. The molecule has 3 aliphatic rings. The Kier molecular flexibility index (Phi) is 3.63. The highest BCUT2D eigenvalue weighted by Crippen LogP contribution is 2.46. The molecule has 130 valence electrons. The number of aryl methyl sites for hydroxylation is 1. The summed E-state index contributed by atoms with van der Waals surface area (Å²) in [6.07, 6.45) is 4.98. The van der Waals surface area contributed by atoms with E-state index in [0.717, 1.165) is 24.6 Å². The van der Waals surface area contributed by atoms with E-state index in [1.54, 1.807) is 0 Å². The predicted octanol–water partition coefficient (Wildman–Crippen LogP) is 1.13. The topological polar surface area (TPSA) is 95.6 Å². The second-order valence-corrected chi connectivity index (χ2v) is 7.63. The number of nitrogens with two attached hydrogens (primary N) is 1. The van der Waals surface area contributed by atoms with Crippen molar-refractivity contribution in [3.05, 3.63) is 11.8 Å². The van der Waals surface area contributed by atoms with E-state index in [1.165, 1.54) is 25.7 Å². The highest BCUT2D eigenvalue weighted by Gasteiger charge is 2.58. The van der Waals surface area contributed by atoms with Crippen molar-refractivity contribution in [2.45, 2.75) is 38.6 Å². The van der Waals surface area contributed by atoms with E-state index in [4.69, 9.17) is 5.73 Å². The fourth-order valence-electron chi connectivity index (χ4n) is 4.87. The van der Waals surface area contributed by atoms with Crippen LogP contribution in [0.3, 0.4) is 0 Å². The number of hydrogen-bond acceptors (Lipinski definition) is 6. The molecule has 0 unspecified atom stereocenters. The van der Waals surface area contributed by atoms with Crippen LogP contribution in [-0.2, 0) is 4.79 Å². The van der Waals surface area contributed by atoms with Gasteiger partial charge in [0, 0.05) is 49.9 Å². The van der Waals surface area contributed by atoms with E-state index >= 15 is 0 Å². The lowest BCUT2D eigenvalue weighted by Gasteiger charge is -2.29. The number of carboxylic acid groups (broad SMARTS) is 1. The number of hydrogen-bond donors (Lipinski definition) is 2. The zero-order chi connectivity index (χ0) is 16.9. The van der Waals surface area contributed by atoms with Gasteiger partial charge in [0.1, 0.15) is 11.2 Å². The number of nitrogens with zero attached hydrogens (tertiary/aromatic N) is 4. The van der Waals surface area contributed by atoms with Gasteiger partial charge in [0.2, 0.25) is 5.95 Å². The first-order valence-corrected chi connectivity index (χ1v) is 8.81. The largest absolute Gasteiger partial charge is 0.481 e. The molecule has 0 radical (unpaired) electrons. The summed E-state index contributed by atoms with van der Waals surface area (Å²) < 4.78 is 0. The summed E-state index contributed by atoms with van der Waals surface area (Å²) in [5.74, 6) is 0.475. The van der Waals surface area contributed by atoms with Crippen molar-refractivity contribution in [1.82, 2.24) is 14.9 Å². The third kappa shape index (κ3) is 2.42. The minimum absolute atomic E-state index is 0.145. The summed E-state index contributed by atoms with van der Waals surface area (Å²) >= 11 is 0. The van der Waals surface area contributed by atoms with Gasteiger partial charge in [-0.3, -0.25) is 9.69 Å². The van der Waals surface area contributed by atoms with E-state index < -0.39 is 11.4 Å². The summed E-state index contributed by atoms with van der Waals surface area (Å²) in [5.41, 5.74) is 5.89. The number of fused-ring (bicyclic) bond motifs is 1. The lowest BCUT2D eigenvalue weighted by Crippen LogP contribution is -2.42. The Balaban J connectivity index is 1.57. The molecule has 1 aliphatic carbocycles. The zero-order valence-corrected chi connectivity index (χ0v) is 14.1. The molecule has 3 heterocycles. The summed E-state index contributed by atoms with van der Waals surface area (Å²) in [6, 6.07) is 2.47. The van der Waals surface area contributed by atoms with E-state index in [9.17, 15) is 9.90 Å². The second kappa shape index (κ2) is 5.58. The Morgan fingerprint density at radius 2 is 2.04 bits per heavy atom. The third-order valence-electron chi connectivity index (χ3n) is 6.08. The van der Waals surface area contributed by atoms with Gasteiger partial charge < -0.3 is 15.7 Å². The van der Waals surface area contributed by atoms with Crippen LogP contribution in [-0.4, -0.2) is 58.2 Å². The van der Waals surface area contributed by atoms with Gasteiger partial charge in [0.25, 0.3) is 0 Å². The molecule has 1 aromatic heterocycles. The maximum atomic E-state index is 12.2.